The number of imidazole rings is 1. The third kappa shape index (κ3) is 3.46. The van der Waals surface area contributed by atoms with Gasteiger partial charge in [-0.25, -0.2) is 4.98 Å². The van der Waals surface area contributed by atoms with Crippen molar-refractivity contribution < 1.29 is 14.3 Å². The van der Waals surface area contributed by atoms with E-state index in [9.17, 15) is 9.59 Å². The van der Waals surface area contributed by atoms with Gasteiger partial charge >= 0.3 is 0 Å². The molecule has 4 aromatic rings. The smallest absolute Gasteiger partial charge is 0.252 e. The Morgan fingerprint density at radius 1 is 1.06 bits per heavy atom. The van der Waals surface area contributed by atoms with Crippen LogP contribution in [0.1, 0.15) is 33.5 Å². The first-order chi connectivity index (χ1) is 16.0. The van der Waals surface area contributed by atoms with E-state index in [0.29, 0.717) is 60.8 Å². The van der Waals surface area contributed by atoms with Gasteiger partial charge < -0.3 is 21.1 Å². The highest BCUT2D eigenvalue weighted by Crippen LogP contribution is 2.34. The predicted octanol–water partition coefficient (Wildman–Crippen LogP) is 2.17. The molecule has 33 heavy (non-hydrogen) atoms. The summed E-state index contributed by atoms with van der Waals surface area (Å²) < 4.78 is 7.39. The van der Waals surface area contributed by atoms with Crippen LogP contribution in [0.4, 0.5) is 5.69 Å². The summed E-state index contributed by atoms with van der Waals surface area (Å²) in [5, 5.41) is 0.764. The number of primary amides is 2. The molecule has 1 aliphatic heterocycles. The van der Waals surface area contributed by atoms with Crippen molar-refractivity contribution in [2.75, 3.05) is 31.2 Å². The summed E-state index contributed by atoms with van der Waals surface area (Å²) in [6.07, 6.45) is 2.06. The number of anilines is 1. The van der Waals surface area contributed by atoms with Gasteiger partial charge in [0.15, 0.2) is 0 Å². The quantitative estimate of drug-likeness (QED) is 0.485. The summed E-state index contributed by atoms with van der Waals surface area (Å²) in [7, 11) is 0. The van der Waals surface area contributed by atoms with E-state index >= 15 is 0 Å². The number of ether oxygens (including phenoxy) is 1. The molecule has 0 radical (unpaired) electrons. The van der Waals surface area contributed by atoms with Gasteiger partial charge in [-0.2, -0.15) is 0 Å². The van der Waals surface area contributed by atoms with Gasteiger partial charge in [-0.15, -0.1) is 0 Å². The van der Waals surface area contributed by atoms with Crippen LogP contribution >= 0.6 is 0 Å². The number of hydrogen-bond donors (Lipinski definition) is 2. The van der Waals surface area contributed by atoms with E-state index in [0.717, 1.165) is 16.6 Å². The number of para-hydroxylation sites is 1. The van der Waals surface area contributed by atoms with Crippen LogP contribution in [0.3, 0.4) is 0 Å². The van der Waals surface area contributed by atoms with Gasteiger partial charge in [-0.3, -0.25) is 19.1 Å². The lowest BCUT2D eigenvalue weighted by atomic mass is 10.1. The number of amides is 2. The standard InChI is InChI=1S/C24H24N6O3/c1-2-20-28-21-16(23(25)31)11-14(29-7-9-33-10-8-29)12-19(21)30(20)22-15-5-3-4-6-18(15)27-13-17(22)24(26)32/h3-6,11-13H,2,7-10H2,1H3,(H2,25,31)(H2,26,32). The maximum atomic E-state index is 12.4. The maximum absolute atomic E-state index is 12.4. The molecule has 2 amide bonds. The highest BCUT2D eigenvalue weighted by Gasteiger charge is 2.24. The Morgan fingerprint density at radius 2 is 1.79 bits per heavy atom. The van der Waals surface area contributed by atoms with Gasteiger partial charge in [0.05, 0.1) is 41.1 Å². The lowest BCUT2D eigenvalue weighted by Crippen LogP contribution is -2.36. The fraction of sp³-hybridized carbons (Fsp3) is 0.250. The van der Waals surface area contributed by atoms with Crippen molar-refractivity contribution in [1.82, 2.24) is 14.5 Å². The number of aromatic nitrogens is 3. The van der Waals surface area contributed by atoms with E-state index in [-0.39, 0.29) is 5.56 Å². The number of nitrogens with two attached hydrogens (primary N) is 2. The first kappa shape index (κ1) is 20.9. The van der Waals surface area contributed by atoms with E-state index in [1.54, 1.807) is 6.07 Å². The van der Waals surface area contributed by atoms with Gasteiger partial charge in [0, 0.05) is 36.8 Å². The molecule has 0 saturated carbocycles. The third-order valence-electron chi connectivity index (χ3n) is 6.01. The topological polar surface area (TPSA) is 129 Å². The SMILES string of the molecule is CCc1nc2c(C(N)=O)cc(N3CCOCC3)cc2n1-c1c(C(N)=O)cnc2ccccc12. The fourth-order valence-electron chi connectivity index (χ4n) is 4.44. The molecule has 168 valence electrons. The Hall–Kier alpha value is -3.98. The minimum absolute atomic E-state index is 0.278. The Bertz CT molecular complexity index is 1400. The normalized spacial score (nSPS) is 14.2. The number of carbonyl (C=O) groups is 2. The summed E-state index contributed by atoms with van der Waals surface area (Å²) in [6, 6.07) is 11.3. The molecule has 1 aliphatic rings. The van der Waals surface area contributed by atoms with Crippen molar-refractivity contribution in [2.24, 2.45) is 11.5 Å². The molecule has 4 N–H and O–H groups in total. The largest absolute Gasteiger partial charge is 0.378 e. The summed E-state index contributed by atoms with van der Waals surface area (Å²) in [4.78, 5) is 36.2. The molecule has 2 aromatic heterocycles. The van der Waals surface area contributed by atoms with Crippen LogP contribution in [-0.4, -0.2) is 52.7 Å². The number of carbonyl (C=O) groups excluding carboxylic acids is 2. The second-order valence-electron chi connectivity index (χ2n) is 7.94. The molecule has 0 unspecified atom stereocenters. The summed E-state index contributed by atoms with van der Waals surface area (Å²) in [5.41, 5.74) is 15.5. The molecular weight excluding hydrogens is 420 g/mol. The predicted molar refractivity (Wildman–Crippen MR) is 126 cm³/mol. The number of hydrogen-bond acceptors (Lipinski definition) is 6. The van der Waals surface area contributed by atoms with Crippen LogP contribution in [0.2, 0.25) is 0 Å². The Kier molecular flexibility index (Phi) is 5.18. The van der Waals surface area contributed by atoms with Crippen LogP contribution in [0, 0.1) is 0 Å². The van der Waals surface area contributed by atoms with Crippen molar-refractivity contribution in [3.05, 3.63) is 59.5 Å². The Morgan fingerprint density at radius 3 is 2.48 bits per heavy atom. The molecule has 2 aromatic carbocycles. The zero-order valence-corrected chi connectivity index (χ0v) is 18.2. The highest BCUT2D eigenvalue weighted by atomic mass is 16.5. The second-order valence-corrected chi connectivity index (χ2v) is 7.94. The number of morpholine rings is 1. The van der Waals surface area contributed by atoms with Crippen molar-refractivity contribution in [3.63, 3.8) is 0 Å². The second kappa shape index (κ2) is 8.18. The van der Waals surface area contributed by atoms with E-state index in [1.165, 1.54) is 6.20 Å². The minimum Gasteiger partial charge on any atom is -0.378 e. The average Bonchev–Trinajstić information content (AvgIpc) is 3.21. The van der Waals surface area contributed by atoms with Crippen molar-refractivity contribution in [1.29, 1.82) is 0 Å². The molecule has 0 atom stereocenters. The molecule has 0 spiro atoms. The number of pyridine rings is 1. The average molecular weight is 444 g/mol. The Balaban J connectivity index is 1.89. The first-order valence-electron chi connectivity index (χ1n) is 10.9. The highest BCUT2D eigenvalue weighted by molar-refractivity contribution is 6.08. The molecule has 3 heterocycles. The van der Waals surface area contributed by atoms with E-state index in [2.05, 4.69) is 9.88 Å². The lowest BCUT2D eigenvalue weighted by Gasteiger charge is -2.29. The Labute approximate surface area is 190 Å². The van der Waals surface area contributed by atoms with Crippen LogP contribution in [0.5, 0.6) is 0 Å². The van der Waals surface area contributed by atoms with Crippen LogP contribution in [0.25, 0.3) is 27.6 Å². The van der Waals surface area contributed by atoms with Gasteiger partial charge in [-0.1, -0.05) is 25.1 Å². The molecule has 9 nitrogen and oxygen atoms in total. The van der Waals surface area contributed by atoms with Crippen molar-refractivity contribution >= 4 is 39.4 Å². The number of nitrogens with zero attached hydrogens (tertiary/aromatic N) is 4. The maximum Gasteiger partial charge on any atom is 0.252 e. The van der Waals surface area contributed by atoms with Crippen LogP contribution < -0.4 is 16.4 Å². The third-order valence-corrected chi connectivity index (χ3v) is 6.01. The molecule has 1 saturated heterocycles. The minimum atomic E-state index is -0.591. The number of fused-ring (bicyclic) bond motifs is 2. The summed E-state index contributed by atoms with van der Waals surface area (Å²) in [6.45, 7) is 4.57. The van der Waals surface area contributed by atoms with Crippen molar-refractivity contribution in [3.8, 4) is 5.69 Å². The zero-order chi connectivity index (χ0) is 23.1. The van der Waals surface area contributed by atoms with E-state index < -0.39 is 11.8 Å². The van der Waals surface area contributed by atoms with Crippen LogP contribution in [0.15, 0.2) is 42.6 Å². The van der Waals surface area contributed by atoms with Gasteiger partial charge in [0.25, 0.3) is 11.8 Å². The molecule has 0 bridgehead atoms. The fourth-order valence-corrected chi connectivity index (χ4v) is 4.44. The van der Waals surface area contributed by atoms with Gasteiger partial charge in [0.2, 0.25) is 0 Å². The zero-order valence-electron chi connectivity index (χ0n) is 18.2. The monoisotopic (exact) mass is 444 g/mol. The number of benzene rings is 2. The van der Waals surface area contributed by atoms with Crippen molar-refractivity contribution in [2.45, 2.75) is 13.3 Å². The van der Waals surface area contributed by atoms with Crippen LogP contribution in [-0.2, 0) is 11.2 Å². The molecule has 1 fully saturated rings. The summed E-state index contributed by atoms with van der Waals surface area (Å²) in [5.74, 6) is -0.464. The van der Waals surface area contributed by atoms with E-state index in [4.69, 9.17) is 21.2 Å². The number of aryl methyl sites for hydroxylation is 1. The van der Waals surface area contributed by atoms with Gasteiger partial charge in [0.1, 0.15) is 11.3 Å². The molecular formula is C24H24N6O3. The molecule has 9 heteroatoms. The first-order valence-corrected chi connectivity index (χ1v) is 10.9. The van der Waals surface area contributed by atoms with Gasteiger partial charge in [-0.05, 0) is 18.2 Å². The summed E-state index contributed by atoms with van der Waals surface area (Å²) >= 11 is 0. The van der Waals surface area contributed by atoms with E-state index in [1.807, 2.05) is 41.8 Å². The molecule has 5 rings (SSSR count). The molecule has 0 aliphatic carbocycles. The lowest BCUT2D eigenvalue weighted by molar-refractivity contribution is 0.0992. The number of rotatable bonds is 5.